The molecule has 4 heteroatoms. The van der Waals surface area contributed by atoms with E-state index in [4.69, 9.17) is 0 Å². The molecule has 1 fully saturated rings. The van der Waals surface area contributed by atoms with Gasteiger partial charge in [0, 0.05) is 19.6 Å². The third-order valence-electron chi connectivity index (χ3n) is 2.63. The van der Waals surface area contributed by atoms with Crippen LogP contribution in [0.5, 0.6) is 0 Å². The molecule has 0 aromatic carbocycles. The van der Waals surface area contributed by atoms with Crippen LogP contribution >= 0.6 is 0 Å². The number of aromatic nitrogens is 2. The molecule has 0 spiro atoms. The Balaban J connectivity index is 2.04. The van der Waals surface area contributed by atoms with Gasteiger partial charge in [-0.2, -0.15) is 0 Å². The molecule has 0 atom stereocenters. The first-order chi connectivity index (χ1) is 7.31. The summed E-state index contributed by atoms with van der Waals surface area (Å²) >= 11 is 0. The first kappa shape index (κ1) is 10.2. The van der Waals surface area contributed by atoms with Crippen molar-refractivity contribution in [3.05, 3.63) is 12.4 Å². The van der Waals surface area contributed by atoms with E-state index < -0.39 is 0 Å². The number of nitrogens with zero attached hydrogens (tertiary/aromatic N) is 3. The van der Waals surface area contributed by atoms with Gasteiger partial charge in [-0.1, -0.05) is 6.92 Å². The molecule has 1 heterocycles. The van der Waals surface area contributed by atoms with Crippen LogP contribution in [0.1, 0.15) is 26.2 Å². The molecule has 0 amide bonds. The third kappa shape index (κ3) is 2.58. The SMILES string of the molecule is CCCNc1cncc(N(C)C2CC2)n1. The number of rotatable bonds is 5. The second kappa shape index (κ2) is 4.47. The molecule has 1 saturated carbocycles. The molecular weight excluding hydrogens is 188 g/mol. The van der Waals surface area contributed by atoms with Gasteiger partial charge >= 0.3 is 0 Å². The van der Waals surface area contributed by atoms with E-state index in [1.165, 1.54) is 12.8 Å². The zero-order chi connectivity index (χ0) is 10.7. The summed E-state index contributed by atoms with van der Waals surface area (Å²) in [6.07, 6.45) is 7.27. The van der Waals surface area contributed by atoms with Gasteiger partial charge in [-0.05, 0) is 19.3 Å². The van der Waals surface area contributed by atoms with Gasteiger partial charge in [0.1, 0.15) is 11.6 Å². The highest BCUT2D eigenvalue weighted by molar-refractivity contribution is 5.44. The summed E-state index contributed by atoms with van der Waals surface area (Å²) in [5.41, 5.74) is 0. The largest absolute Gasteiger partial charge is 0.369 e. The van der Waals surface area contributed by atoms with E-state index in [1.54, 1.807) is 6.20 Å². The van der Waals surface area contributed by atoms with Crippen LogP contribution in [0.4, 0.5) is 11.6 Å². The van der Waals surface area contributed by atoms with Gasteiger partial charge in [0.15, 0.2) is 0 Å². The number of hydrogen-bond acceptors (Lipinski definition) is 4. The second-order valence-corrected chi connectivity index (χ2v) is 4.03. The van der Waals surface area contributed by atoms with Crippen LogP contribution in [0.3, 0.4) is 0 Å². The maximum atomic E-state index is 4.52. The fraction of sp³-hybridized carbons (Fsp3) is 0.636. The highest BCUT2D eigenvalue weighted by Gasteiger charge is 2.27. The predicted molar refractivity (Wildman–Crippen MR) is 62.2 cm³/mol. The molecule has 0 saturated heterocycles. The van der Waals surface area contributed by atoms with Crippen molar-refractivity contribution in [1.29, 1.82) is 0 Å². The van der Waals surface area contributed by atoms with Gasteiger partial charge in [-0.15, -0.1) is 0 Å². The van der Waals surface area contributed by atoms with Crippen LogP contribution in [0.25, 0.3) is 0 Å². The van der Waals surface area contributed by atoms with Gasteiger partial charge < -0.3 is 10.2 Å². The van der Waals surface area contributed by atoms with Crippen molar-refractivity contribution in [2.75, 3.05) is 23.8 Å². The first-order valence-corrected chi connectivity index (χ1v) is 5.60. The lowest BCUT2D eigenvalue weighted by Crippen LogP contribution is -2.21. The van der Waals surface area contributed by atoms with Crippen molar-refractivity contribution < 1.29 is 0 Å². The molecule has 82 valence electrons. The molecule has 15 heavy (non-hydrogen) atoms. The van der Waals surface area contributed by atoms with Crippen LogP contribution in [0.2, 0.25) is 0 Å². The van der Waals surface area contributed by atoms with E-state index in [-0.39, 0.29) is 0 Å². The molecule has 1 N–H and O–H groups in total. The Morgan fingerprint density at radius 2 is 2.27 bits per heavy atom. The summed E-state index contributed by atoms with van der Waals surface area (Å²) in [5, 5.41) is 3.25. The minimum absolute atomic E-state index is 0.681. The lowest BCUT2D eigenvalue weighted by atomic mass is 10.4. The Hall–Kier alpha value is -1.32. The Kier molecular flexibility index (Phi) is 3.04. The van der Waals surface area contributed by atoms with Crippen molar-refractivity contribution in [3.8, 4) is 0 Å². The van der Waals surface area contributed by atoms with E-state index in [9.17, 15) is 0 Å². The van der Waals surface area contributed by atoms with Crippen molar-refractivity contribution in [1.82, 2.24) is 9.97 Å². The molecule has 4 nitrogen and oxygen atoms in total. The quantitative estimate of drug-likeness (QED) is 0.799. The number of anilines is 2. The van der Waals surface area contributed by atoms with Crippen molar-refractivity contribution in [3.63, 3.8) is 0 Å². The minimum Gasteiger partial charge on any atom is -0.369 e. The van der Waals surface area contributed by atoms with Crippen LogP contribution in [-0.4, -0.2) is 29.6 Å². The lowest BCUT2D eigenvalue weighted by Gasteiger charge is -2.17. The highest BCUT2D eigenvalue weighted by Crippen LogP contribution is 2.28. The average molecular weight is 206 g/mol. The van der Waals surface area contributed by atoms with Gasteiger partial charge in [0.2, 0.25) is 0 Å². The Morgan fingerprint density at radius 3 is 2.93 bits per heavy atom. The van der Waals surface area contributed by atoms with E-state index in [0.717, 1.165) is 24.6 Å². The van der Waals surface area contributed by atoms with E-state index >= 15 is 0 Å². The zero-order valence-corrected chi connectivity index (χ0v) is 9.40. The Bertz CT molecular complexity index is 322. The van der Waals surface area contributed by atoms with Crippen molar-refractivity contribution in [2.24, 2.45) is 0 Å². The number of hydrogen-bond donors (Lipinski definition) is 1. The highest BCUT2D eigenvalue weighted by atomic mass is 15.2. The van der Waals surface area contributed by atoms with Gasteiger partial charge in [0.25, 0.3) is 0 Å². The Morgan fingerprint density at radius 1 is 1.47 bits per heavy atom. The topological polar surface area (TPSA) is 41.1 Å². The van der Waals surface area contributed by atoms with Gasteiger partial charge in [-0.3, -0.25) is 4.98 Å². The molecule has 1 aromatic rings. The summed E-state index contributed by atoms with van der Waals surface area (Å²) < 4.78 is 0. The standard InChI is InChI=1S/C11H18N4/c1-3-6-13-10-7-12-8-11(14-10)15(2)9-4-5-9/h7-9H,3-6H2,1-2H3,(H,13,14). The molecule has 2 rings (SSSR count). The van der Waals surface area contributed by atoms with E-state index in [2.05, 4.69) is 34.2 Å². The molecule has 0 unspecified atom stereocenters. The molecule has 1 aliphatic rings. The fourth-order valence-corrected chi connectivity index (χ4v) is 1.51. The summed E-state index contributed by atoms with van der Waals surface area (Å²) in [4.78, 5) is 10.9. The molecule has 0 bridgehead atoms. The molecule has 1 aliphatic carbocycles. The molecular formula is C11H18N4. The smallest absolute Gasteiger partial charge is 0.149 e. The summed E-state index contributed by atoms with van der Waals surface area (Å²) in [5.74, 6) is 1.85. The van der Waals surface area contributed by atoms with Gasteiger partial charge in [0.05, 0.1) is 12.4 Å². The minimum atomic E-state index is 0.681. The normalized spacial score (nSPS) is 15.1. The Labute approximate surface area is 90.7 Å². The third-order valence-corrected chi connectivity index (χ3v) is 2.63. The van der Waals surface area contributed by atoms with Gasteiger partial charge in [-0.25, -0.2) is 4.98 Å². The maximum Gasteiger partial charge on any atom is 0.149 e. The van der Waals surface area contributed by atoms with Crippen LogP contribution in [0, 0.1) is 0 Å². The molecule has 1 aromatic heterocycles. The lowest BCUT2D eigenvalue weighted by molar-refractivity contribution is 0.880. The second-order valence-electron chi connectivity index (χ2n) is 4.03. The van der Waals surface area contributed by atoms with Crippen LogP contribution < -0.4 is 10.2 Å². The van der Waals surface area contributed by atoms with Crippen molar-refractivity contribution in [2.45, 2.75) is 32.2 Å². The molecule has 0 radical (unpaired) electrons. The maximum absolute atomic E-state index is 4.52. The summed E-state index contributed by atoms with van der Waals surface area (Å²) in [6.45, 7) is 3.09. The van der Waals surface area contributed by atoms with Crippen LogP contribution in [-0.2, 0) is 0 Å². The summed E-state index contributed by atoms with van der Waals surface area (Å²) in [7, 11) is 2.09. The van der Waals surface area contributed by atoms with E-state index in [0.29, 0.717) is 6.04 Å². The van der Waals surface area contributed by atoms with Crippen molar-refractivity contribution >= 4 is 11.6 Å². The van der Waals surface area contributed by atoms with Crippen LogP contribution in [0.15, 0.2) is 12.4 Å². The number of nitrogens with one attached hydrogen (secondary N) is 1. The van der Waals surface area contributed by atoms with E-state index in [1.807, 2.05) is 6.20 Å². The monoisotopic (exact) mass is 206 g/mol. The average Bonchev–Trinajstić information content (AvgIpc) is 3.09. The first-order valence-electron chi connectivity index (χ1n) is 5.60. The fourth-order valence-electron chi connectivity index (χ4n) is 1.51. The zero-order valence-electron chi connectivity index (χ0n) is 9.40. The predicted octanol–water partition coefficient (Wildman–Crippen LogP) is 1.90. The molecule has 0 aliphatic heterocycles. The summed E-state index contributed by atoms with van der Waals surface area (Å²) in [6, 6.07) is 0.681.